The number of nitrogens with one attached hydrogen (secondary N) is 2. The lowest BCUT2D eigenvalue weighted by molar-refractivity contribution is 0.0955. The molecule has 0 fully saturated rings. The summed E-state index contributed by atoms with van der Waals surface area (Å²) in [5.41, 5.74) is 2.36. The Morgan fingerprint density at radius 1 is 0.871 bits per heavy atom. The number of amides is 1. The molecule has 0 atom stereocenters. The molecule has 4 rings (SSSR count). The van der Waals surface area contributed by atoms with Gasteiger partial charge in [0.05, 0.1) is 16.1 Å². The number of aromatic nitrogens is 2. The lowest BCUT2D eigenvalue weighted by Crippen LogP contribution is -2.29. The summed E-state index contributed by atoms with van der Waals surface area (Å²) in [4.78, 5) is 21.7. The smallest absolute Gasteiger partial charge is 0.252 e. The summed E-state index contributed by atoms with van der Waals surface area (Å²) in [7, 11) is 0. The van der Waals surface area contributed by atoms with Crippen LogP contribution in [0.3, 0.4) is 0 Å². The Morgan fingerprint density at radius 2 is 1.65 bits per heavy atom. The fourth-order valence-corrected chi connectivity index (χ4v) is 3.63. The normalized spacial score (nSPS) is 10.8. The Bertz CT molecular complexity index is 1210. The van der Waals surface area contributed by atoms with Crippen molar-refractivity contribution in [3.63, 3.8) is 0 Å². The van der Waals surface area contributed by atoms with E-state index >= 15 is 0 Å². The number of hydrogen-bond acceptors (Lipinski definition) is 4. The minimum absolute atomic E-state index is 0.212. The third kappa shape index (κ3) is 5.32. The fraction of sp³-hybridized carbons (Fsp3) is 0.125. The Morgan fingerprint density at radius 3 is 2.45 bits per heavy atom. The first-order valence-corrected chi connectivity index (χ1v) is 10.6. The zero-order chi connectivity index (χ0) is 21.6. The summed E-state index contributed by atoms with van der Waals surface area (Å²) >= 11 is 12.3. The van der Waals surface area contributed by atoms with Crippen molar-refractivity contribution in [1.29, 1.82) is 0 Å². The SMILES string of the molecule is O=C(NCCNc1nc(Cc2ccccc2)nc2cc(Cl)ccc12)c1ccccc1Cl. The van der Waals surface area contributed by atoms with Gasteiger partial charge in [-0.2, -0.15) is 0 Å². The number of carbonyl (C=O) groups is 1. The predicted octanol–water partition coefficient (Wildman–Crippen LogP) is 5.37. The van der Waals surface area contributed by atoms with Gasteiger partial charge < -0.3 is 10.6 Å². The third-order valence-corrected chi connectivity index (χ3v) is 5.30. The standard InChI is InChI=1S/C24H20Cl2N4O/c25-17-10-11-19-21(15-17)29-22(14-16-6-2-1-3-7-16)30-23(19)27-12-13-28-24(31)18-8-4-5-9-20(18)26/h1-11,15H,12-14H2,(H,28,31)(H,27,29,30). The maximum Gasteiger partial charge on any atom is 0.252 e. The molecular formula is C24H20Cl2N4O. The Kier molecular flexibility index (Phi) is 6.65. The summed E-state index contributed by atoms with van der Waals surface area (Å²) < 4.78 is 0. The molecule has 0 radical (unpaired) electrons. The van der Waals surface area contributed by atoms with E-state index in [9.17, 15) is 4.79 Å². The van der Waals surface area contributed by atoms with E-state index in [0.29, 0.717) is 46.8 Å². The van der Waals surface area contributed by atoms with Crippen LogP contribution in [0.5, 0.6) is 0 Å². The van der Waals surface area contributed by atoms with E-state index in [-0.39, 0.29) is 5.91 Å². The fourth-order valence-electron chi connectivity index (χ4n) is 3.24. The molecule has 1 aromatic heterocycles. The molecule has 0 unspecified atom stereocenters. The zero-order valence-corrected chi connectivity index (χ0v) is 18.1. The van der Waals surface area contributed by atoms with E-state index in [1.807, 2.05) is 48.5 Å². The van der Waals surface area contributed by atoms with E-state index in [2.05, 4.69) is 15.6 Å². The summed E-state index contributed by atoms with van der Waals surface area (Å²) in [5.74, 6) is 1.19. The van der Waals surface area contributed by atoms with Crippen molar-refractivity contribution in [2.24, 2.45) is 0 Å². The van der Waals surface area contributed by atoms with Gasteiger partial charge in [0.15, 0.2) is 0 Å². The monoisotopic (exact) mass is 450 g/mol. The van der Waals surface area contributed by atoms with Crippen LogP contribution in [0.4, 0.5) is 5.82 Å². The lowest BCUT2D eigenvalue weighted by Gasteiger charge is -2.12. The van der Waals surface area contributed by atoms with Crippen LogP contribution in [0.1, 0.15) is 21.7 Å². The average molecular weight is 451 g/mol. The van der Waals surface area contributed by atoms with E-state index in [4.69, 9.17) is 28.2 Å². The summed E-state index contributed by atoms with van der Waals surface area (Å²) in [6, 6.07) is 22.6. The predicted molar refractivity (Wildman–Crippen MR) is 126 cm³/mol. The van der Waals surface area contributed by atoms with Gasteiger partial charge in [-0.1, -0.05) is 65.7 Å². The van der Waals surface area contributed by atoms with Crippen LogP contribution >= 0.6 is 23.2 Å². The highest BCUT2D eigenvalue weighted by Crippen LogP contribution is 2.24. The molecule has 0 aliphatic rings. The van der Waals surface area contributed by atoms with E-state index in [0.717, 1.165) is 16.5 Å². The molecule has 0 bridgehead atoms. The van der Waals surface area contributed by atoms with Gasteiger partial charge in [0.1, 0.15) is 11.6 Å². The van der Waals surface area contributed by atoms with Crippen molar-refractivity contribution in [3.05, 3.63) is 99.8 Å². The second-order valence-corrected chi connectivity index (χ2v) is 7.82. The van der Waals surface area contributed by atoms with Crippen LogP contribution < -0.4 is 10.6 Å². The molecule has 2 N–H and O–H groups in total. The molecule has 1 amide bonds. The Hall–Kier alpha value is -3.15. The Balaban J connectivity index is 1.48. The molecule has 0 saturated carbocycles. The van der Waals surface area contributed by atoms with Gasteiger partial charge in [-0.25, -0.2) is 9.97 Å². The summed E-state index contributed by atoms with van der Waals surface area (Å²) in [6.45, 7) is 0.910. The molecule has 7 heteroatoms. The highest BCUT2D eigenvalue weighted by atomic mass is 35.5. The first kappa shape index (κ1) is 21.1. The van der Waals surface area contributed by atoms with Crippen LogP contribution in [-0.4, -0.2) is 29.0 Å². The summed E-state index contributed by atoms with van der Waals surface area (Å²) in [5, 5.41) is 8.11. The van der Waals surface area contributed by atoms with Crippen molar-refractivity contribution in [3.8, 4) is 0 Å². The molecule has 0 saturated heterocycles. The van der Waals surface area contributed by atoms with E-state index < -0.39 is 0 Å². The number of nitrogens with zero attached hydrogens (tertiary/aromatic N) is 2. The van der Waals surface area contributed by atoms with Gasteiger partial charge in [0, 0.05) is 29.9 Å². The van der Waals surface area contributed by atoms with E-state index in [1.54, 1.807) is 24.3 Å². The molecule has 0 aliphatic carbocycles. The molecule has 5 nitrogen and oxygen atoms in total. The van der Waals surface area contributed by atoms with Crippen molar-refractivity contribution >= 4 is 45.8 Å². The number of fused-ring (bicyclic) bond motifs is 1. The number of benzene rings is 3. The van der Waals surface area contributed by atoms with E-state index in [1.165, 1.54) is 0 Å². The van der Waals surface area contributed by atoms with Gasteiger partial charge in [-0.15, -0.1) is 0 Å². The molecule has 0 aliphatic heterocycles. The number of rotatable bonds is 7. The molecule has 4 aromatic rings. The zero-order valence-electron chi connectivity index (χ0n) is 16.6. The maximum atomic E-state index is 12.3. The molecule has 1 heterocycles. The highest BCUT2D eigenvalue weighted by Gasteiger charge is 2.11. The second-order valence-electron chi connectivity index (χ2n) is 6.97. The minimum atomic E-state index is -0.212. The third-order valence-electron chi connectivity index (χ3n) is 4.73. The molecular weight excluding hydrogens is 431 g/mol. The Labute approximate surface area is 190 Å². The summed E-state index contributed by atoms with van der Waals surface area (Å²) in [6.07, 6.45) is 0.612. The van der Waals surface area contributed by atoms with Gasteiger partial charge >= 0.3 is 0 Å². The first-order chi connectivity index (χ1) is 15.1. The van der Waals surface area contributed by atoms with Crippen LogP contribution in [0.2, 0.25) is 10.0 Å². The quantitative estimate of drug-likeness (QED) is 0.371. The molecule has 3 aromatic carbocycles. The molecule has 0 spiro atoms. The minimum Gasteiger partial charge on any atom is -0.368 e. The molecule has 31 heavy (non-hydrogen) atoms. The average Bonchev–Trinajstić information content (AvgIpc) is 2.77. The largest absolute Gasteiger partial charge is 0.368 e. The lowest BCUT2D eigenvalue weighted by atomic mass is 10.1. The van der Waals surface area contributed by atoms with Crippen molar-refractivity contribution in [1.82, 2.24) is 15.3 Å². The van der Waals surface area contributed by atoms with Crippen molar-refractivity contribution < 1.29 is 4.79 Å². The number of halogens is 2. The number of carbonyl (C=O) groups excluding carboxylic acids is 1. The first-order valence-electron chi connectivity index (χ1n) is 9.87. The molecule has 156 valence electrons. The van der Waals surface area contributed by atoms with Crippen molar-refractivity contribution in [2.45, 2.75) is 6.42 Å². The van der Waals surface area contributed by atoms with Gasteiger partial charge in [-0.3, -0.25) is 4.79 Å². The topological polar surface area (TPSA) is 66.9 Å². The van der Waals surface area contributed by atoms with Crippen LogP contribution in [0, 0.1) is 0 Å². The highest BCUT2D eigenvalue weighted by molar-refractivity contribution is 6.33. The van der Waals surface area contributed by atoms with Gasteiger partial charge in [-0.05, 0) is 35.9 Å². The maximum absolute atomic E-state index is 12.3. The van der Waals surface area contributed by atoms with Gasteiger partial charge in [0.25, 0.3) is 5.91 Å². The van der Waals surface area contributed by atoms with Crippen LogP contribution in [0.25, 0.3) is 10.9 Å². The number of anilines is 1. The van der Waals surface area contributed by atoms with Crippen LogP contribution in [-0.2, 0) is 6.42 Å². The second kappa shape index (κ2) is 9.77. The van der Waals surface area contributed by atoms with Crippen molar-refractivity contribution in [2.75, 3.05) is 18.4 Å². The van der Waals surface area contributed by atoms with Gasteiger partial charge in [0.2, 0.25) is 0 Å². The number of hydrogen-bond donors (Lipinski definition) is 2. The van der Waals surface area contributed by atoms with Crippen LogP contribution in [0.15, 0.2) is 72.8 Å².